The SMILES string of the molecule is C=C1C[C@](O)(C(=O)OC)c2ccc3c(c2)N(C[C@@H]2CC[C@H]2[C@@H](O)/C=C/[C@@H](C)CN1C)C[C@@]1(CCCc2cc(Cl)ccc21)CO3. The van der Waals surface area contributed by atoms with Gasteiger partial charge in [0, 0.05) is 49.2 Å². The Bertz CT molecular complexity index is 1460. The van der Waals surface area contributed by atoms with E-state index < -0.39 is 17.7 Å². The zero-order chi connectivity index (χ0) is 31.2. The van der Waals surface area contributed by atoms with Crippen LogP contribution in [0.1, 0.15) is 55.7 Å². The summed E-state index contributed by atoms with van der Waals surface area (Å²) in [5, 5.41) is 24.1. The van der Waals surface area contributed by atoms with Crippen molar-refractivity contribution in [1.82, 2.24) is 4.90 Å². The molecule has 2 heterocycles. The van der Waals surface area contributed by atoms with E-state index in [1.165, 1.54) is 18.2 Å². The summed E-state index contributed by atoms with van der Waals surface area (Å²) >= 11 is 6.43. The maximum Gasteiger partial charge on any atom is 0.342 e. The van der Waals surface area contributed by atoms with Crippen LogP contribution in [-0.2, 0) is 27.0 Å². The normalized spacial score (nSPS) is 32.9. The second-order valence-corrected chi connectivity index (χ2v) is 14.1. The van der Waals surface area contributed by atoms with Crippen molar-refractivity contribution in [2.24, 2.45) is 17.8 Å². The van der Waals surface area contributed by atoms with Gasteiger partial charge in [-0.25, -0.2) is 4.79 Å². The molecule has 0 amide bonds. The second kappa shape index (κ2) is 12.1. The van der Waals surface area contributed by atoms with E-state index in [0.29, 0.717) is 30.3 Å². The Balaban J connectivity index is 1.47. The molecule has 2 N–H and O–H groups in total. The van der Waals surface area contributed by atoms with E-state index >= 15 is 0 Å². The number of halogens is 1. The summed E-state index contributed by atoms with van der Waals surface area (Å²) in [6, 6.07) is 11.8. The number of aryl methyl sites for hydroxylation is 1. The lowest BCUT2D eigenvalue weighted by molar-refractivity contribution is -0.163. The van der Waals surface area contributed by atoms with Gasteiger partial charge in [-0.2, -0.15) is 0 Å². The van der Waals surface area contributed by atoms with Gasteiger partial charge in [0.1, 0.15) is 5.75 Å². The zero-order valence-corrected chi connectivity index (χ0v) is 26.9. The standard InChI is InChI=1S/C36H45ClN2O5/c1-23-7-13-32(40)29-11-8-26(29)20-39-21-35(15-5-6-25-16-28(37)10-12-30(25)35)22-44-33-14-9-27(17-31(33)39)36(42,34(41)43-4)18-24(2)38(3)19-23/h7,9-10,12-14,16-17,23,26,29,32,40,42H,2,5-6,8,11,15,18-22H2,1,3-4H3/b13-7+/t23-,26+,29-,32+,35+,36-/m1/s1. The first-order chi connectivity index (χ1) is 21.0. The molecular weight excluding hydrogens is 576 g/mol. The molecule has 8 heteroatoms. The van der Waals surface area contributed by atoms with Gasteiger partial charge in [-0.05, 0) is 90.8 Å². The fourth-order valence-corrected chi connectivity index (χ4v) is 8.08. The molecule has 0 aromatic heterocycles. The highest BCUT2D eigenvalue weighted by molar-refractivity contribution is 6.30. The maximum atomic E-state index is 13.3. The number of benzene rings is 2. The average Bonchev–Trinajstić information content (AvgIpc) is 3.14. The van der Waals surface area contributed by atoms with E-state index in [1.807, 2.05) is 36.2 Å². The van der Waals surface area contributed by atoms with Crippen molar-refractivity contribution in [3.63, 3.8) is 0 Å². The number of methoxy groups -OCH3 is 1. The van der Waals surface area contributed by atoms with Crippen molar-refractivity contribution < 1.29 is 24.5 Å². The number of rotatable bonds is 1. The third-order valence-corrected chi connectivity index (χ3v) is 10.8. The molecule has 6 rings (SSSR count). The molecule has 1 spiro atoms. The molecule has 0 saturated heterocycles. The van der Waals surface area contributed by atoms with Crippen LogP contribution in [0.3, 0.4) is 0 Å². The molecule has 4 aliphatic rings. The van der Waals surface area contributed by atoms with Crippen molar-refractivity contribution in [1.29, 1.82) is 0 Å². The maximum absolute atomic E-state index is 13.3. The van der Waals surface area contributed by atoms with Crippen molar-refractivity contribution >= 4 is 23.3 Å². The van der Waals surface area contributed by atoms with E-state index in [2.05, 4.69) is 36.6 Å². The van der Waals surface area contributed by atoms with Gasteiger partial charge in [-0.15, -0.1) is 0 Å². The number of esters is 1. The lowest BCUT2D eigenvalue weighted by Gasteiger charge is -2.45. The number of aliphatic hydroxyl groups excluding tert-OH is 1. The van der Waals surface area contributed by atoms with Gasteiger partial charge < -0.3 is 29.5 Å². The summed E-state index contributed by atoms with van der Waals surface area (Å²) in [5.74, 6) is 0.590. The van der Waals surface area contributed by atoms with Gasteiger partial charge in [0.2, 0.25) is 0 Å². The van der Waals surface area contributed by atoms with Crippen molar-refractivity contribution in [2.45, 2.75) is 62.6 Å². The summed E-state index contributed by atoms with van der Waals surface area (Å²) in [6.45, 7) is 8.93. The third kappa shape index (κ3) is 5.63. The van der Waals surface area contributed by atoms with Crippen LogP contribution in [0.25, 0.3) is 0 Å². The molecule has 2 aromatic carbocycles. The van der Waals surface area contributed by atoms with Crippen molar-refractivity contribution in [3.8, 4) is 5.75 Å². The highest BCUT2D eigenvalue weighted by Crippen LogP contribution is 2.47. The quantitative estimate of drug-likeness (QED) is 0.317. The van der Waals surface area contributed by atoms with Crippen LogP contribution in [0.5, 0.6) is 5.75 Å². The van der Waals surface area contributed by atoms with Crippen LogP contribution in [0.15, 0.2) is 60.8 Å². The first kappa shape index (κ1) is 31.0. The molecule has 6 atom stereocenters. The minimum Gasteiger partial charge on any atom is -0.490 e. The predicted molar refractivity (Wildman–Crippen MR) is 173 cm³/mol. The average molecular weight is 621 g/mol. The number of carbonyl (C=O) groups is 1. The Morgan fingerprint density at radius 2 is 1.98 bits per heavy atom. The fraction of sp³-hybridized carbons (Fsp3) is 0.528. The second-order valence-electron chi connectivity index (χ2n) is 13.6. The molecule has 2 bridgehead atoms. The summed E-state index contributed by atoms with van der Waals surface area (Å²) in [5.41, 5.74) is 2.28. The Morgan fingerprint density at radius 1 is 1.16 bits per heavy atom. The van der Waals surface area contributed by atoms with E-state index in [1.54, 1.807) is 6.07 Å². The minimum absolute atomic E-state index is 0.0162. The first-order valence-electron chi connectivity index (χ1n) is 15.9. The molecule has 1 fully saturated rings. The highest BCUT2D eigenvalue weighted by Gasteiger charge is 2.46. The number of hydrogen-bond donors (Lipinski definition) is 2. The highest BCUT2D eigenvalue weighted by atomic mass is 35.5. The Labute approximate surface area is 266 Å². The van der Waals surface area contributed by atoms with E-state index in [4.69, 9.17) is 21.1 Å². The van der Waals surface area contributed by atoms with Crippen LogP contribution in [0.4, 0.5) is 5.69 Å². The molecule has 44 heavy (non-hydrogen) atoms. The number of aliphatic hydroxyl groups is 2. The monoisotopic (exact) mass is 620 g/mol. The lowest BCUT2D eigenvalue weighted by Crippen LogP contribution is -2.49. The molecule has 236 valence electrons. The summed E-state index contributed by atoms with van der Waals surface area (Å²) in [7, 11) is 3.21. The number of hydrogen-bond acceptors (Lipinski definition) is 7. The molecule has 0 radical (unpaired) electrons. The smallest absolute Gasteiger partial charge is 0.342 e. The molecular formula is C36H45ClN2O5. The molecule has 2 aromatic rings. The predicted octanol–water partition coefficient (Wildman–Crippen LogP) is 5.60. The van der Waals surface area contributed by atoms with Crippen molar-refractivity contribution in [3.05, 3.63) is 82.5 Å². The van der Waals surface area contributed by atoms with Crippen LogP contribution in [-0.4, -0.2) is 67.6 Å². The van der Waals surface area contributed by atoms with Gasteiger partial charge >= 0.3 is 5.97 Å². The molecule has 2 aliphatic carbocycles. The number of anilines is 1. The van der Waals surface area contributed by atoms with Crippen LogP contribution >= 0.6 is 11.6 Å². The van der Waals surface area contributed by atoms with E-state index in [0.717, 1.165) is 61.7 Å². The largest absolute Gasteiger partial charge is 0.490 e. The van der Waals surface area contributed by atoms with Gasteiger partial charge in [0.25, 0.3) is 0 Å². The summed E-state index contributed by atoms with van der Waals surface area (Å²) in [4.78, 5) is 17.6. The Kier molecular flexibility index (Phi) is 8.50. The lowest BCUT2D eigenvalue weighted by atomic mass is 9.68. The number of ether oxygens (including phenoxy) is 2. The fourth-order valence-electron chi connectivity index (χ4n) is 7.88. The van der Waals surface area contributed by atoms with Crippen molar-refractivity contribution in [2.75, 3.05) is 45.3 Å². The molecule has 0 unspecified atom stereocenters. The summed E-state index contributed by atoms with van der Waals surface area (Å²) in [6.07, 6.45) is 8.52. The number of nitrogens with zero attached hydrogens (tertiary/aromatic N) is 2. The first-order valence-corrected chi connectivity index (χ1v) is 16.3. The minimum atomic E-state index is -1.93. The zero-order valence-electron chi connectivity index (χ0n) is 26.1. The van der Waals surface area contributed by atoms with Gasteiger partial charge in [-0.1, -0.05) is 49.4 Å². The van der Waals surface area contributed by atoms with Gasteiger partial charge in [-0.3, -0.25) is 0 Å². The molecule has 2 aliphatic heterocycles. The van der Waals surface area contributed by atoms with Crippen LogP contribution in [0.2, 0.25) is 5.02 Å². The van der Waals surface area contributed by atoms with Gasteiger partial charge in [0.05, 0.1) is 25.5 Å². The molecule has 7 nitrogen and oxygen atoms in total. The molecule has 1 saturated carbocycles. The van der Waals surface area contributed by atoms with Crippen LogP contribution in [0, 0.1) is 17.8 Å². The summed E-state index contributed by atoms with van der Waals surface area (Å²) < 4.78 is 11.8. The van der Waals surface area contributed by atoms with E-state index in [9.17, 15) is 15.0 Å². The third-order valence-electron chi connectivity index (χ3n) is 10.6. The number of fused-ring (bicyclic) bond motifs is 4. The van der Waals surface area contributed by atoms with Crippen LogP contribution < -0.4 is 9.64 Å². The van der Waals surface area contributed by atoms with Gasteiger partial charge in [0.15, 0.2) is 5.60 Å². The topological polar surface area (TPSA) is 82.5 Å². The number of carbonyl (C=O) groups excluding carboxylic acids is 1. The Morgan fingerprint density at radius 3 is 2.73 bits per heavy atom. The van der Waals surface area contributed by atoms with E-state index in [-0.39, 0.29) is 23.7 Å². The Hall–Kier alpha value is -3.00.